The van der Waals surface area contributed by atoms with Gasteiger partial charge in [-0.2, -0.15) is 0 Å². The van der Waals surface area contributed by atoms with Crippen molar-refractivity contribution in [2.75, 3.05) is 13.1 Å². The Labute approximate surface area is 97.0 Å². The van der Waals surface area contributed by atoms with E-state index in [9.17, 15) is 0 Å². The van der Waals surface area contributed by atoms with Gasteiger partial charge in [-0.25, -0.2) is 0 Å². The zero-order valence-electron chi connectivity index (χ0n) is 11.5. The molecule has 0 aromatic carbocycles. The molecule has 0 radical (unpaired) electrons. The summed E-state index contributed by atoms with van der Waals surface area (Å²) in [7, 11) is 0. The van der Waals surface area contributed by atoms with Gasteiger partial charge in [0.05, 0.1) is 0 Å². The van der Waals surface area contributed by atoms with Gasteiger partial charge >= 0.3 is 0 Å². The van der Waals surface area contributed by atoms with Crippen LogP contribution in [-0.2, 0) is 0 Å². The summed E-state index contributed by atoms with van der Waals surface area (Å²) in [5.74, 6) is 0.869. The molecule has 0 aliphatic carbocycles. The number of rotatable bonds is 7. The van der Waals surface area contributed by atoms with Crippen molar-refractivity contribution < 1.29 is 0 Å². The Morgan fingerprint density at radius 2 is 1.60 bits per heavy atom. The second kappa shape index (κ2) is 13.9. The predicted octanol–water partition coefficient (Wildman–Crippen LogP) is 3.17. The molecule has 15 heavy (non-hydrogen) atoms. The van der Waals surface area contributed by atoms with Gasteiger partial charge in [-0.1, -0.05) is 40.5 Å². The number of unbranched alkanes of at least 4 members (excludes halogenated alkanes) is 1. The highest BCUT2D eigenvalue weighted by molar-refractivity contribution is 4.57. The zero-order valence-corrected chi connectivity index (χ0v) is 11.5. The van der Waals surface area contributed by atoms with Gasteiger partial charge in [-0.05, 0) is 38.8 Å². The SMILES string of the molecule is CCC(C)NCCCCC(C)C.CCN. The molecule has 0 aromatic heterocycles. The minimum atomic E-state index is 0.698. The van der Waals surface area contributed by atoms with Gasteiger partial charge in [0.1, 0.15) is 0 Å². The molecule has 0 rings (SSSR count). The topological polar surface area (TPSA) is 38.0 Å². The van der Waals surface area contributed by atoms with Gasteiger partial charge < -0.3 is 11.1 Å². The van der Waals surface area contributed by atoms with E-state index in [0.717, 1.165) is 12.5 Å². The van der Waals surface area contributed by atoms with Crippen LogP contribution in [0.4, 0.5) is 0 Å². The van der Waals surface area contributed by atoms with Crippen LogP contribution in [0.3, 0.4) is 0 Å². The Balaban J connectivity index is 0. The smallest absolute Gasteiger partial charge is 0.00360 e. The third kappa shape index (κ3) is 20.1. The molecule has 0 saturated heterocycles. The number of hydrogen-bond acceptors (Lipinski definition) is 2. The summed E-state index contributed by atoms with van der Waals surface area (Å²) in [5, 5.41) is 3.51. The van der Waals surface area contributed by atoms with Crippen LogP contribution >= 0.6 is 0 Å². The fraction of sp³-hybridized carbons (Fsp3) is 1.00. The average Bonchev–Trinajstić information content (AvgIpc) is 2.17. The lowest BCUT2D eigenvalue weighted by Crippen LogP contribution is -2.26. The lowest BCUT2D eigenvalue weighted by Gasteiger charge is -2.11. The molecule has 1 atom stereocenters. The predicted molar refractivity (Wildman–Crippen MR) is 71.2 cm³/mol. The van der Waals surface area contributed by atoms with E-state index < -0.39 is 0 Å². The molecule has 0 bridgehead atoms. The lowest BCUT2D eigenvalue weighted by atomic mass is 10.1. The van der Waals surface area contributed by atoms with E-state index >= 15 is 0 Å². The highest BCUT2D eigenvalue weighted by atomic mass is 14.9. The first-order valence-electron chi connectivity index (χ1n) is 6.51. The van der Waals surface area contributed by atoms with Crippen molar-refractivity contribution >= 4 is 0 Å². The van der Waals surface area contributed by atoms with Gasteiger partial charge in [0.15, 0.2) is 0 Å². The standard InChI is InChI=1S/C11H25N.C2H7N/c1-5-11(4)12-9-7-6-8-10(2)3;1-2-3/h10-12H,5-9H2,1-4H3;2-3H2,1H3. The molecule has 2 nitrogen and oxygen atoms in total. The Bertz CT molecular complexity index is 103. The third-order valence-corrected chi connectivity index (χ3v) is 2.31. The Morgan fingerprint density at radius 3 is 2.00 bits per heavy atom. The van der Waals surface area contributed by atoms with E-state index in [1.807, 2.05) is 6.92 Å². The van der Waals surface area contributed by atoms with Crippen LogP contribution < -0.4 is 11.1 Å². The molecule has 0 heterocycles. The minimum Gasteiger partial charge on any atom is -0.331 e. The molecule has 0 aromatic rings. The van der Waals surface area contributed by atoms with Gasteiger partial charge in [-0.15, -0.1) is 0 Å². The van der Waals surface area contributed by atoms with Crippen LogP contribution in [0.15, 0.2) is 0 Å². The Hall–Kier alpha value is -0.0800. The van der Waals surface area contributed by atoms with Crippen molar-refractivity contribution in [3.05, 3.63) is 0 Å². The number of nitrogens with two attached hydrogens (primary N) is 1. The van der Waals surface area contributed by atoms with E-state index in [1.54, 1.807) is 0 Å². The van der Waals surface area contributed by atoms with Crippen LogP contribution in [-0.4, -0.2) is 19.1 Å². The fourth-order valence-electron chi connectivity index (χ4n) is 1.17. The van der Waals surface area contributed by atoms with Crippen LogP contribution in [0.2, 0.25) is 0 Å². The Kier molecular flexibility index (Phi) is 16.1. The molecule has 0 saturated carbocycles. The van der Waals surface area contributed by atoms with Gasteiger partial charge in [-0.3, -0.25) is 0 Å². The monoisotopic (exact) mass is 216 g/mol. The van der Waals surface area contributed by atoms with Crippen LogP contribution in [0, 0.1) is 5.92 Å². The molecular formula is C13H32N2. The largest absolute Gasteiger partial charge is 0.331 e. The summed E-state index contributed by atoms with van der Waals surface area (Å²) in [6.45, 7) is 12.9. The maximum atomic E-state index is 4.85. The highest BCUT2D eigenvalue weighted by Crippen LogP contribution is 2.05. The van der Waals surface area contributed by atoms with Crippen molar-refractivity contribution in [3.63, 3.8) is 0 Å². The summed E-state index contributed by atoms with van der Waals surface area (Å²) in [4.78, 5) is 0. The summed E-state index contributed by atoms with van der Waals surface area (Å²) in [6, 6.07) is 0.698. The quantitative estimate of drug-likeness (QED) is 0.642. The first-order valence-corrected chi connectivity index (χ1v) is 6.51. The second-order valence-corrected chi connectivity index (χ2v) is 4.56. The molecule has 0 fully saturated rings. The van der Waals surface area contributed by atoms with Crippen molar-refractivity contribution in [2.24, 2.45) is 11.7 Å². The first-order chi connectivity index (χ1) is 7.08. The van der Waals surface area contributed by atoms with E-state index in [1.165, 1.54) is 32.2 Å². The Morgan fingerprint density at radius 1 is 1.07 bits per heavy atom. The van der Waals surface area contributed by atoms with Crippen LogP contribution in [0.5, 0.6) is 0 Å². The maximum absolute atomic E-state index is 4.85. The van der Waals surface area contributed by atoms with Crippen LogP contribution in [0.25, 0.3) is 0 Å². The first kappa shape index (κ1) is 17.3. The van der Waals surface area contributed by atoms with Gasteiger partial charge in [0.25, 0.3) is 0 Å². The summed E-state index contributed by atoms with van der Waals surface area (Å²) >= 11 is 0. The lowest BCUT2D eigenvalue weighted by molar-refractivity contribution is 0.484. The zero-order chi connectivity index (χ0) is 12.1. The van der Waals surface area contributed by atoms with E-state index in [2.05, 4.69) is 33.0 Å². The second-order valence-electron chi connectivity index (χ2n) is 4.56. The van der Waals surface area contributed by atoms with Gasteiger partial charge in [0.2, 0.25) is 0 Å². The number of hydrogen-bond donors (Lipinski definition) is 2. The molecule has 0 aliphatic heterocycles. The molecule has 1 unspecified atom stereocenters. The molecule has 0 amide bonds. The molecular weight excluding hydrogens is 184 g/mol. The van der Waals surface area contributed by atoms with Crippen molar-refractivity contribution in [1.82, 2.24) is 5.32 Å². The van der Waals surface area contributed by atoms with E-state index in [0.29, 0.717) is 6.04 Å². The molecule has 3 N–H and O–H groups in total. The van der Waals surface area contributed by atoms with Gasteiger partial charge in [0, 0.05) is 6.04 Å². The third-order valence-electron chi connectivity index (χ3n) is 2.31. The van der Waals surface area contributed by atoms with Crippen molar-refractivity contribution in [3.8, 4) is 0 Å². The van der Waals surface area contributed by atoms with Crippen molar-refractivity contribution in [2.45, 2.75) is 66.3 Å². The van der Waals surface area contributed by atoms with E-state index in [4.69, 9.17) is 5.73 Å². The highest BCUT2D eigenvalue weighted by Gasteiger charge is 1.97. The normalized spacial score (nSPS) is 12.2. The summed E-state index contributed by atoms with van der Waals surface area (Å²) in [5.41, 5.74) is 4.85. The summed E-state index contributed by atoms with van der Waals surface area (Å²) in [6.07, 6.45) is 5.33. The van der Waals surface area contributed by atoms with Crippen molar-refractivity contribution in [1.29, 1.82) is 0 Å². The minimum absolute atomic E-state index is 0.698. The molecule has 94 valence electrons. The molecule has 0 aliphatic rings. The maximum Gasteiger partial charge on any atom is 0.00360 e. The fourth-order valence-corrected chi connectivity index (χ4v) is 1.17. The average molecular weight is 216 g/mol. The number of nitrogens with one attached hydrogen (secondary N) is 1. The summed E-state index contributed by atoms with van der Waals surface area (Å²) < 4.78 is 0. The van der Waals surface area contributed by atoms with Crippen LogP contribution in [0.1, 0.15) is 60.3 Å². The molecule has 2 heteroatoms. The van der Waals surface area contributed by atoms with E-state index in [-0.39, 0.29) is 0 Å². The molecule has 0 spiro atoms.